The van der Waals surface area contributed by atoms with Crippen molar-refractivity contribution in [3.05, 3.63) is 24.3 Å². The summed E-state index contributed by atoms with van der Waals surface area (Å²) >= 11 is 0. The van der Waals surface area contributed by atoms with E-state index < -0.39 is 0 Å². The predicted molar refractivity (Wildman–Crippen MR) is 151 cm³/mol. The molecular formula is C34H58O. The molecule has 0 aromatic carbocycles. The van der Waals surface area contributed by atoms with E-state index in [1.807, 2.05) is 0 Å². The van der Waals surface area contributed by atoms with Crippen LogP contribution in [0.15, 0.2) is 24.3 Å². The SMILES string of the molecule is CCCCC(CC)CC(OC(CC(CC)CCCC)C1(C)CC2C=CC1C2)C1(C)CC2C=CC1C2. The van der Waals surface area contributed by atoms with Gasteiger partial charge >= 0.3 is 0 Å². The molecule has 1 nitrogen and oxygen atoms in total. The summed E-state index contributed by atoms with van der Waals surface area (Å²) in [6, 6.07) is 0. The fourth-order valence-corrected chi connectivity index (χ4v) is 8.73. The zero-order valence-corrected chi connectivity index (χ0v) is 24.2. The highest BCUT2D eigenvalue weighted by Gasteiger charge is 2.55. The van der Waals surface area contributed by atoms with E-state index in [1.165, 1.54) is 89.9 Å². The van der Waals surface area contributed by atoms with Gasteiger partial charge in [0.2, 0.25) is 0 Å². The third-order valence-corrected chi connectivity index (χ3v) is 11.4. The van der Waals surface area contributed by atoms with E-state index in [4.69, 9.17) is 4.74 Å². The lowest BCUT2D eigenvalue weighted by Crippen LogP contribution is -2.47. The Kier molecular flexibility index (Phi) is 9.32. The molecule has 0 radical (unpaired) electrons. The van der Waals surface area contributed by atoms with Crippen molar-refractivity contribution in [2.75, 3.05) is 0 Å². The van der Waals surface area contributed by atoms with Gasteiger partial charge in [0, 0.05) is 10.8 Å². The van der Waals surface area contributed by atoms with Crippen LogP contribution in [0.3, 0.4) is 0 Å². The first-order valence-corrected chi connectivity index (χ1v) is 15.9. The van der Waals surface area contributed by atoms with Gasteiger partial charge in [-0.15, -0.1) is 0 Å². The number of rotatable bonds is 16. The lowest BCUT2D eigenvalue weighted by atomic mass is 9.68. The molecule has 0 aromatic rings. The monoisotopic (exact) mass is 482 g/mol. The Morgan fingerprint density at radius 2 is 1.11 bits per heavy atom. The van der Waals surface area contributed by atoms with E-state index in [9.17, 15) is 0 Å². The standard InChI is InChI=1S/C34H58O/c1-7-11-13-25(9-3)21-31(33(5)23-27-15-17-29(33)19-27)35-32(22-26(10-4)14-12-8-2)34(6)24-28-16-18-30(34)20-28/h15-18,25-32H,7-14,19-24H2,1-6H3. The van der Waals surface area contributed by atoms with Gasteiger partial charge in [-0.3, -0.25) is 0 Å². The summed E-state index contributed by atoms with van der Waals surface area (Å²) in [6.07, 6.45) is 29.8. The summed E-state index contributed by atoms with van der Waals surface area (Å²) in [5.41, 5.74) is 0.651. The Labute approximate surface area is 218 Å². The molecule has 4 rings (SSSR count). The summed E-state index contributed by atoms with van der Waals surface area (Å²) in [5.74, 6) is 4.71. The topological polar surface area (TPSA) is 9.23 Å². The Bertz CT molecular complexity index is 662. The van der Waals surface area contributed by atoms with Crippen LogP contribution in [0.2, 0.25) is 0 Å². The smallest absolute Gasteiger partial charge is 0.0641 e. The van der Waals surface area contributed by atoms with Gasteiger partial charge in [-0.25, -0.2) is 0 Å². The molecule has 0 aromatic heterocycles. The van der Waals surface area contributed by atoms with E-state index in [0.717, 1.165) is 35.5 Å². The molecule has 0 saturated heterocycles. The van der Waals surface area contributed by atoms with E-state index >= 15 is 0 Å². The molecular weight excluding hydrogens is 424 g/mol. The van der Waals surface area contributed by atoms with Crippen LogP contribution in [0.1, 0.15) is 131 Å². The Morgan fingerprint density at radius 1 is 0.686 bits per heavy atom. The quantitative estimate of drug-likeness (QED) is 0.199. The maximum atomic E-state index is 7.69. The third kappa shape index (κ3) is 5.81. The van der Waals surface area contributed by atoms with Gasteiger partial charge in [0.1, 0.15) is 0 Å². The van der Waals surface area contributed by atoms with Crippen LogP contribution in [0.25, 0.3) is 0 Å². The third-order valence-electron chi connectivity index (χ3n) is 11.4. The summed E-state index contributed by atoms with van der Waals surface area (Å²) < 4.78 is 7.69. The van der Waals surface area contributed by atoms with Gasteiger partial charge in [-0.2, -0.15) is 0 Å². The minimum Gasteiger partial charge on any atom is -0.374 e. The molecule has 2 saturated carbocycles. The minimum absolute atomic E-state index is 0.326. The predicted octanol–water partition coefficient (Wildman–Crippen LogP) is 10.2. The number of hydrogen-bond acceptors (Lipinski definition) is 1. The molecule has 0 aliphatic heterocycles. The van der Waals surface area contributed by atoms with Crippen LogP contribution in [-0.4, -0.2) is 12.2 Å². The number of hydrogen-bond donors (Lipinski definition) is 0. The largest absolute Gasteiger partial charge is 0.374 e. The lowest BCUT2D eigenvalue weighted by molar-refractivity contribution is -0.150. The molecule has 35 heavy (non-hydrogen) atoms. The second-order valence-corrected chi connectivity index (χ2v) is 13.8. The van der Waals surface area contributed by atoms with E-state index in [0.29, 0.717) is 23.0 Å². The molecule has 1 heteroatoms. The second-order valence-electron chi connectivity index (χ2n) is 13.8. The average Bonchev–Trinajstić information content (AvgIpc) is 3.64. The van der Waals surface area contributed by atoms with Crippen LogP contribution in [0.5, 0.6) is 0 Å². The zero-order chi connectivity index (χ0) is 25.1. The molecule has 10 unspecified atom stereocenters. The highest BCUT2D eigenvalue weighted by atomic mass is 16.5. The first-order chi connectivity index (χ1) is 16.9. The van der Waals surface area contributed by atoms with Crippen LogP contribution in [0.4, 0.5) is 0 Å². The van der Waals surface area contributed by atoms with Crippen LogP contribution in [0, 0.1) is 46.3 Å². The first kappa shape index (κ1) is 27.5. The van der Waals surface area contributed by atoms with Gasteiger partial charge in [0.15, 0.2) is 0 Å². The molecule has 0 amide bonds. The van der Waals surface area contributed by atoms with Crippen molar-refractivity contribution in [1.29, 1.82) is 0 Å². The molecule has 10 atom stereocenters. The molecule has 4 aliphatic carbocycles. The Hall–Kier alpha value is -0.560. The molecule has 0 heterocycles. The van der Waals surface area contributed by atoms with Gasteiger partial charge in [-0.05, 0) is 74.0 Å². The molecule has 2 fully saturated rings. The first-order valence-electron chi connectivity index (χ1n) is 15.9. The van der Waals surface area contributed by atoms with Crippen molar-refractivity contribution in [3.63, 3.8) is 0 Å². The Balaban J connectivity index is 1.60. The van der Waals surface area contributed by atoms with Gasteiger partial charge in [-0.1, -0.05) is 117 Å². The molecule has 4 aliphatic rings. The van der Waals surface area contributed by atoms with Gasteiger partial charge in [0.05, 0.1) is 12.2 Å². The van der Waals surface area contributed by atoms with E-state index in [-0.39, 0.29) is 0 Å². The average molecular weight is 483 g/mol. The van der Waals surface area contributed by atoms with E-state index in [2.05, 4.69) is 65.8 Å². The number of ether oxygens (including phenoxy) is 1. The fourth-order valence-electron chi connectivity index (χ4n) is 8.73. The fraction of sp³-hybridized carbons (Fsp3) is 0.882. The molecule has 4 bridgehead atoms. The van der Waals surface area contributed by atoms with Crippen molar-refractivity contribution < 1.29 is 4.74 Å². The molecule has 200 valence electrons. The van der Waals surface area contributed by atoms with Crippen molar-refractivity contribution >= 4 is 0 Å². The highest BCUT2D eigenvalue weighted by molar-refractivity contribution is 5.18. The van der Waals surface area contributed by atoms with Crippen molar-refractivity contribution in [2.24, 2.45) is 46.3 Å². The number of allylic oxidation sites excluding steroid dienone is 4. The number of fused-ring (bicyclic) bond motifs is 4. The van der Waals surface area contributed by atoms with Crippen LogP contribution >= 0.6 is 0 Å². The maximum Gasteiger partial charge on any atom is 0.0641 e. The van der Waals surface area contributed by atoms with Crippen molar-refractivity contribution in [2.45, 2.75) is 144 Å². The summed E-state index contributed by atoms with van der Waals surface area (Å²) in [6.45, 7) is 14.8. The van der Waals surface area contributed by atoms with E-state index in [1.54, 1.807) is 0 Å². The van der Waals surface area contributed by atoms with Crippen molar-refractivity contribution in [3.8, 4) is 0 Å². The maximum absolute atomic E-state index is 7.69. The summed E-state index contributed by atoms with van der Waals surface area (Å²) in [4.78, 5) is 0. The van der Waals surface area contributed by atoms with Gasteiger partial charge < -0.3 is 4.74 Å². The zero-order valence-electron chi connectivity index (χ0n) is 24.2. The molecule has 0 spiro atoms. The lowest BCUT2D eigenvalue weighted by Gasteiger charge is -2.48. The van der Waals surface area contributed by atoms with Crippen molar-refractivity contribution in [1.82, 2.24) is 0 Å². The highest BCUT2D eigenvalue weighted by Crippen LogP contribution is 2.59. The van der Waals surface area contributed by atoms with Crippen LogP contribution < -0.4 is 0 Å². The minimum atomic E-state index is 0.326. The number of unbranched alkanes of at least 4 members (excludes halogenated alkanes) is 2. The van der Waals surface area contributed by atoms with Gasteiger partial charge in [0.25, 0.3) is 0 Å². The van der Waals surface area contributed by atoms with Crippen LogP contribution in [-0.2, 0) is 4.74 Å². The summed E-state index contributed by atoms with van der Waals surface area (Å²) in [7, 11) is 0. The Morgan fingerprint density at radius 3 is 1.40 bits per heavy atom. The molecule has 0 N–H and O–H groups in total. The summed E-state index contributed by atoms with van der Waals surface area (Å²) in [5, 5.41) is 0. The normalized spacial score (nSPS) is 38.3. The second kappa shape index (κ2) is 11.9.